The summed E-state index contributed by atoms with van der Waals surface area (Å²) in [5.74, 6) is -8.39. The molecule has 17 heteroatoms. The van der Waals surface area contributed by atoms with E-state index in [1.165, 1.54) is 12.0 Å². The van der Waals surface area contributed by atoms with E-state index < -0.39 is 95.7 Å². The van der Waals surface area contributed by atoms with Crippen LogP contribution in [0.2, 0.25) is 0 Å². The van der Waals surface area contributed by atoms with E-state index in [9.17, 15) is 39.0 Å². The van der Waals surface area contributed by atoms with E-state index in [-0.39, 0.29) is 42.5 Å². The number of hydrogen-bond donors (Lipinski definition) is 3. The van der Waals surface area contributed by atoms with E-state index in [4.69, 9.17) is 28.8 Å². The van der Waals surface area contributed by atoms with Crippen LogP contribution in [0.4, 0.5) is 4.79 Å². The Hall–Kier alpha value is -4.10. The van der Waals surface area contributed by atoms with Gasteiger partial charge in [0.2, 0.25) is 5.79 Å². The molecule has 0 radical (unpaired) electrons. The zero-order chi connectivity index (χ0) is 53.7. The summed E-state index contributed by atoms with van der Waals surface area (Å²) < 4.78 is 30.1. The molecule has 15 atom stereocenters. The Morgan fingerprint density at radius 2 is 1.56 bits per heavy atom. The summed E-state index contributed by atoms with van der Waals surface area (Å²) in [6.45, 7) is 13.7. The lowest BCUT2D eigenvalue weighted by molar-refractivity contribution is -0.263. The van der Waals surface area contributed by atoms with Crippen molar-refractivity contribution in [2.24, 2.45) is 41.4 Å². The van der Waals surface area contributed by atoms with Gasteiger partial charge in [-0.1, -0.05) is 69.7 Å². The van der Waals surface area contributed by atoms with Crippen LogP contribution in [-0.2, 0) is 47.7 Å². The van der Waals surface area contributed by atoms with Crippen molar-refractivity contribution in [2.45, 2.75) is 167 Å². The largest absolute Gasteiger partial charge is 0.460 e. The van der Waals surface area contributed by atoms with E-state index >= 15 is 0 Å². The second kappa shape index (κ2) is 27.6. The predicted octanol–water partition coefficient (Wildman–Crippen LogP) is 5.78. The third-order valence-electron chi connectivity index (χ3n) is 16.5. The van der Waals surface area contributed by atoms with Crippen LogP contribution in [0.5, 0.6) is 0 Å². The second-order valence-electron chi connectivity index (χ2n) is 21.8. The fraction of sp³-hybridized carbons (Fsp3) is 0.750. The van der Waals surface area contributed by atoms with Gasteiger partial charge in [0.05, 0.1) is 12.2 Å². The van der Waals surface area contributed by atoms with Crippen molar-refractivity contribution in [3.63, 3.8) is 0 Å². The molecule has 73 heavy (non-hydrogen) atoms. The quantitative estimate of drug-likeness (QED) is 0.169. The lowest BCUT2D eigenvalue weighted by Crippen LogP contribution is -2.65. The molecule has 5 fully saturated rings. The number of rotatable bonds is 5. The SMILES string of the molecule is CO.COC1CC(C[C@H]2C3CCCN4C(=O)C(=O)C5(O)O[C@H](CC/C(C)=C/C=C/C=C/[C@@H](C)CC(C)C(=O)[C@H](OC)C(O)/C(C)=C/[C@@H](C)C(=O)C[C@@H]2OC(=O)C34)CCC5C)CC[C@H]1OC(=O)N1CCN(C)CC1. The molecule has 0 spiro atoms. The van der Waals surface area contributed by atoms with E-state index in [1.54, 1.807) is 38.9 Å². The van der Waals surface area contributed by atoms with Crippen molar-refractivity contribution in [3.05, 3.63) is 47.6 Å². The number of amides is 2. The van der Waals surface area contributed by atoms with Gasteiger partial charge in [0.1, 0.15) is 36.2 Å². The van der Waals surface area contributed by atoms with Gasteiger partial charge >= 0.3 is 12.1 Å². The van der Waals surface area contributed by atoms with E-state index in [0.29, 0.717) is 89.3 Å². The van der Waals surface area contributed by atoms with Crippen molar-refractivity contribution in [1.29, 1.82) is 0 Å². The highest BCUT2D eigenvalue weighted by Crippen LogP contribution is 2.45. The maximum Gasteiger partial charge on any atom is 0.410 e. The standard InChI is InChI=1S/C55H83N3O13.CH4O/c1-33-14-11-10-12-15-34(2)28-36(4)48(60)50(68-9)49(61)37(5)29-35(3)43(59)32-45-42(30-39-19-22-44(46(31-39)67-8)70-54(65)57-26-24-56(7)25-27-57)41-16-13-23-58(47(41)53(64)69-45)52(63)51(62)55(66)38(6)18-21-40(71-55)20-17-33;1-2/h10-12,14-15,29,34-36,38-42,44-47,49-50,61,66H,13,16-28,30-32H2,1-9H3;2H,1H3/b11-10+,15-12+,33-14+,37-29+;/t34-,35-,36?,38?,39?,40-,41?,42+,44-,45+,46?,47?,49?,50+,55?;/m1./s1. The van der Waals surface area contributed by atoms with Gasteiger partial charge in [-0.2, -0.15) is 0 Å². The van der Waals surface area contributed by atoms with Crippen LogP contribution >= 0.6 is 0 Å². The summed E-state index contributed by atoms with van der Waals surface area (Å²) in [7, 11) is 6.01. The molecule has 4 bridgehead atoms. The second-order valence-corrected chi connectivity index (χ2v) is 21.8. The number of carbonyl (C=O) groups excluding carboxylic acids is 6. The minimum absolute atomic E-state index is 0.00737. The Balaban J connectivity index is 0.00000488. The van der Waals surface area contributed by atoms with Gasteiger partial charge in [0.25, 0.3) is 11.7 Å². The minimum Gasteiger partial charge on any atom is -0.460 e. The number of hydrogen-bond acceptors (Lipinski definition) is 15. The third-order valence-corrected chi connectivity index (χ3v) is 16.5. The number of likely N-dealkylation sites (N-methyl/N-ethyl adjacent to an activating group) is 1. The molecule has 6 rings (SSSR count). The first-order valence-corrected chi connectivity index (χ1v) is 26.8. The third kappa shape index (κ3) is 15.1. The van der Waals surface area contributed by atoms with Crippen molar-refractivity contribution >= 4 is 35.3 Å². The highest BCUT2D eigenvalue weighted by molar-refractivity contribution is 6.39. The van der Waals surface area contributed by atoms with Gasteiger partial charge in [-0.05, 0) is 115 Å². The summed E-state index contributed by atoms with van der Waals surface area (Å²) >= 11 is 0. The number of aliphatic hydroxyl groups is 3. The zero-order valence-electron chi connectivity index (χ0n) is 45.2. The molecule has 0 aromatic carbocycles. The number of esters is 1. The molecule has 410 valence electrons. The number of piperidine rings is 1. The van der Waals surface area contributed by atoms with Crippen LogP contribution in [0.15, 0.2) is 47.6 Å². The summed E-state index contributed by atoms with van der Waals surface area (Å²) in [5, 5.41) is 30.5. The van der Waals surface area contributed by atoms with Crippen molar-refractivity contribution in [2.75, 3.05) is 61.1 Å². The average Bonchev–Trinajstić information content (AvgIpc) is 3.37. The number of ketones is 3. The monoisotopic (exact) mass is 1030 g/mol. The van der Waals surface area contributed by atoms with Crippen LogP contribution in [0.25, 0.3) is 0 Å². The topological polar surface area (TPSA) is 219 Å². The molecular weight excluding hydrogens is 939 g/mol. The van der Waals surface area contributed by atoms with Crippen LogP contribution in [-0.4, -0.2) is 175 Å². The van der Waals surface area contributed by atoms with Crippen LogP contribution < -0.4 is 0 Å². The predicted molar refractivity (Wildman–Crippen MR) is 274 cm³/mol. The van der Waals surface area contributed by atoms with Crippen LogP contribution in [0.3, 0.4) is 0 Å². The normalized spacial score (nSPS) is 39.5. The highest BCUT2D eigenvalue weighted by Gasteiger charge is 2.57. The lowest BCUT2D eigenvalue weighted by Gasteiger charge is -2.50. The Bertz CT molecular complexity index is 2030. The van der Waals surface area contributed by atoms with E-state index in [0.717, 1.165) is 25.8 Å². The number of methoxy groups -OCH3 is 2. The number of nitrogens with zero attached hydrogens (tertiary/aromatic N) is 3. The molecule has 17 nitrogen and oxygen atoms in total. The molecule has 4 saturated heterocycles. The van der Waals surface area contributed by atoms with Crippen LogP contribution in [0, 0.1) is 41.4 Å². The Morgan fingerprint density at radius 1 is 0.849 bits per heavy atom. The summed E-state index contributed by atoms with van der Waals surface area (Å²) in [5.41, 5.74) is 1.45. The first-order valence-electron chi connectivity index (χ1n) is 26.8. The Kier molecular flexibility index (Phi) is 22.6. The molecule has 0 aromatic rings. The molecule has 5 heterocycles. The molecule has 6 aliphatic rings. The molecule has 0 aromatic heterocycles. The minimum atomic E-state index is -2.39. The number of carbonyl (C=O) groups is 6. The van der Waals surface area contributed by atoms with Gasteiger partial charge in [-0.15, -0.1) is 0 Å². The number of piperazine rings is 1. The van der Waals surface area contributed by atoms with Crippen molar-refractivity contribution in [1.82, 2.24) is 14.7 Å². The number of aliphatic hydroxyl groups excluding tert-OH is 2. The number of ether oxygens (including phenoxy) is 5. The Labute approximate surface area is 433 Å². The number of Topliss-reactive ketones (excluding diaryl/α,β-unsaturated/α-hetero) is 3. The smallest absolute Gasteiger partial charge is 0.410 e. The van der Waals surface area contributed by atoms with E-state index in [2.05, 4.69) is 4.90 Å². The Morgan fingerprint density at radius 3 is 2.25 bits per heavy atom. The summed E-state index contributed by atoms with van der Waals surface area (Å²) in [4.78, 5) is 89.8. The van der Waals surface area contributed by atoms with E-state index in [1.807, 2.05) is 58.2 Å². The highest BCUT2D eigenvalue weighted by atomic mass is 16.6. The molecule has 3 N–H and O–H groups in total. The van der Waals surface area contributed by atoms with Crippen molar-refractivity contribution < 1.29 is 67.8 Å². The molecule has 2 amide bonds. The molecule has 8 unspecified atom stereocenters. The molecular formula is C56H87N3O14. The molecule has 5 aliphatic heterocycles. The zero-order valence-corrected chi connectivity index (χ0v) is 45.2. The lowest BCUT2D eigenvalue weighted by atomic mass is 9.68. The van der Waals surface area contributed by atoms with Gasteiger partial charge in [-0.25, -0.2) is 9.59 Å². The maximum atomic E-state index is 14.5. The first-order chi connectivity index (χ1) is 34.8. The number of allylic oxidation sites excluding steroid dienone is 7. The summed E-state index contributed by atoms with van der Waals surface area (Å²) in [6.07, 6.45) is 12.2. The first kappa shape index (κ1) is 59.8. The average molecular weight is 1030 g/mol. The van der Waals surface area contributed by atoms with Crippen molar-refractivity contribution in [3.8, 4) is 0 Å². The van der Waals surface area contributed by atoms with Crippen LogP contribution in [0.1, 0.15) is 119 Å². The van der Waals surface area contributed by atoms with Gasteiger partial charge in [0.15, 0.2) is 5.78 Å². The fourth-order valence-corrected chi connectivity index (χ4v) is 11.9. The molecule has 1 saturated carbocycles. The summed E-state index contributed by atoms with van der Waals surface area (Å²) in [6, 6.07) is -1.13. The fourth-order valence-electron chi connectivity index (χ4n) is 11.9. The van der Waals surface area contributed by atoms with Gasteiger partial charge in [-0.3, -0.25) is 19.2 Å². The van der Waals surface area contributed by atoms with Gasteiger partial charge < -0.3 is 53.7 Å². The maximum absolute atomic E-state index is 14.5. The number of fused-ring (bicyclic) bond motifs is 4. The molecule has 1 aliphatic carbocycles. The van der Waals surface area contributed by atoms with Gasteiger partial charge in [0, 0.05) is 84.1 Å².